The SMILES string of the molecule is CC(CN1CCOCC1)NC(=O)c1ccc(Br)cc1Br. The molecule has 1 fully saturated rings. The third kappa shape index (κ3) is 4.55. The van der Waals surface area contributed by atoms with Gasteiger partial charge < -0.3 is 10.1 Å². The maximum absolute atomic E-state index is 12.2. The van der Waals surface area contributed by atoms with Crippen molar-refractivity contribution in [2.75, 3.05) is 32.8 Å². The molecule has 0 radical (unpaired) electrons. The van der Waals surface area contributed by atoms with E-state index in [1.54, 1.807) is 0 Å². The zero-order valence-electron chi connectivity index (χ0n) is 11.4. The molecular formula is C14H18Br2N2O2. The van der Waals surface area contributed by atoms with Gasteiger partial charge in [-0.3, -0.25) is 9.69 Å². The van der Waals surface area contributed by atoms with E-state index in [9.17, 15) is 4.79 Å². The summed E-state index contributed by atoms with van der Waals surface area (Å²) in [4.78, 5) is 14.5. The Bertz CT molecular complexity index is 476. The molecule has 1 N–H and O–H groups in total. The maximum Gasteiger partial charge on any atom is 0.252 e. The summed E-state index contributed by atoms with van der Waals surface area (Å²) in [5, 5.41) is 3.04. The molecule has 2 rings (SSSR count). The molecule has 1 aliphatic heterocycles. The number of rotatable bonds is 4. The Kier molecular flexibility index (Phi) is 6.01. The lowest BCUT2D eigenvalue weighted by atomic mass is 10.2. The molecule has 0 saturated carbocycles. The summed E-state index contributed by atoms with van der Waals surface area (Å²) >= 11 is 6.80. The fraction of sp³-hybridized carbons (Fsp3) is 0.500. The molecule has 1 aromatic rings. The summed E-state index contributed by atoms with van der Waals surface area (Å²) in [6, 6.07) is 5.66. The van der Waals surface area contributed by atoms with Gasteiger partial charge in [0, 0.05) is 34.6 Å². The van der Waals surface area contributed by atoms with Crippen LogP contribution in [0.25, 0.3) is 0 Å². The van der Waals surface area contributed by atoms with Gasteiger partial charge in [-0.1, -0.05) is 15.9 Å². The van der Waals surface area contributed by atoms with Crippen molar-refractivity contribution in [2.24, 2.45) is 0 Å². The van der Waals surface area contributed by atoms with E-state index in [0.29, 0.717) is 5.56 Å². The molecule has 1 atom stereocenters. The zero-order valence-corrected chi connectivity index (χ0v) is 14.5. The molecule has 0 spiro atoms. The minimum absolute atomic E-state index is 0.0508. The van der Waals surface area contributed by atoms with E-state index in [0.717, 1.165) is 41.8 Å². The molecule has 1 amide bonds. The van der Waals surface area contributed by atoms with Gasteiger partial charge in [-0.2, -0.15) is 0 Å². The van der Waals surface area contributed by atoms with Crippen molar-refractivity contribution in [3.63, 3.8) is 0 Å². The Morgan fingerprint density at radius 1 is 1.40 bits per heavy atom. The summed E-state index contributed by atoms with van der Waals surface area (Å²) in [6.45, 7) is 6.30. The van der Waals surface area contributed by atoms with Crippen LogP contribution in [-0.2, 0) is 4.74 Å². The second-order valence-electron chi connectivity index (χ2n) is 4.91. The van der Waals surface area contributed by atoms with Crippen molar-refractivity contribution in [3.8, 4) is 0 Å². The molecule has 1 heterocycles. The average Bonchev–Trinajstić information content (AvgIpc) is 2.39. The van der Waals surface area contributed by atoms with Crippen molar-refractivity contribution >= 4 is 37.8 Å². The number of amides is 1. The van der Waals surface area contributed by atoms with Gasteiger partial charge in [0.05, 0.1) is 18.8 Å². The van der Waals surface area contributed by atoms with Crippen LogP contribution in [0.15, 0.2) is 27.1 Å². The topological polar surface area (TPSA) is 41.6 Å². The summed E-state index contributed by atoms with van der Waals surface area (Å²) in [6.07, 6.45) is 0. The highest BCUT2D eigenvalue weighted by atomic mass is 79.9. The third-order valence-corrected chi connectivity index (χ3v) is 4.34. The van der Waals surface area contributed by atoms with Gasteiger partial charge in [-0.05, 0) is 41.1 Å². The lowest BCUT2D eigenvalue weighted by molar-refractivity contribution is 0.0342. The number of benzene rings is 1. The third-order valence-electron chi connectivity index (χ3n) is 3.19. The molecule has 110 valence electrons. The number of morpholine rings is 1. The molecule has 0 aromatic heterocycles. The Hall–Kier alpha value is -0.430. The van der Waals surface area contributed by atoms with Gasteiger partial charge in [0.25, 0.3) is 5.91 Å². The highest BCUT2D eigenvalue weighted by Gasteiger charge is 2.17. The Balaban J connectivity index is 1.89. The summed E-state index contributed by atoms with van der Waals surface area (Å²) in [5.41, 5.74) is 0.655. The normalized spacial score (nSPS) is 17.8. The summed E-state index contributed by atoms with van der Waals surface area (Å²) < 4.78 is 7.06. The molecule has 1 aliphatic rings. The largest absolute Gasteiger partial charge is 0.379 e. The van der Waals surface area contributed by atoms with Gasteiger partial charge in [-0.15, -0.1) is 0 Å². The van der Waals surface area contributed by atoms with E-state index in [2.05, 4.69) is 42.1 Å². The molecule has 1 unspecified atom stereocenters. The lowest BCUT2D eigenvalue weighted by Crippen LogP contribution is -2.46. The van der Waals surface area contributed by atoms with Crippen molar-refractivity contribution in [3.05, 3.63) is 32.7 Å². The summed E-state index contributed by atoms with van der Waals surface area (Å²) in [5.74, 6) is -0.0508. The molecule has 1 saturated heterocycles. The minimum atomic E-state index is -0.0508. The highest BCUT2D eigenvalue weighted by molar-refractivity contribution is 9.11. The van der Waals surface area contributed by atoms with Crippen molar-refractivity contribution < 1.29 is 9.53 Å². The first kappa shape index (κ1) is 15.9. The number of nitrogens with zero attached hydrogens (tertiary/aromatic N) is 1. The lowest BCUT2D eigenvalue weighted by Gasteiger charge is -2.29. The number of carbonyl (C=O) groups is 1. The van der Waals surface area contributed by atoms with Crippen LogP contribution < -0.4 is 5.32 Å². The number of hydrogen-bond donors (Lipinski definition) is 1. The Morgan fingerprint density at radius 3 is 2.75 bits per heavy atom. The average molecular weight is 406 g/mol. The van der Waals surface area contributed by atoms with Crippen LogP contribution >= 0.6 is 31.9 Å². The first-order chi connectivity index (χ1) is 9.56. The van der Waals surface area contributed by atoms with E-state index >= 15 is 0 Å². The van der Waals surface area contributed by atoms with Crippen LogP contribution in [0.2, 0.25) is 0 Å². The molecule has 1 aromatic carbocycles. The van der Waals surface area contributed by atoms with Crippen LogP contribution in [0.1, 0.15) is 17.3 Å². The Labute approximate surface area is 136 Å². The van der Waals surface area contributed by atoms with E-state index in [-0.39, 0.29) is 11.9 Å². The fourth-order valence-corrected chi connectivity index (χ4v) is 3.42. The highest BCUT2D eigenvalue weighted by Crippen LogP contribution is 2.21. The van der Waals surface area contributed by atoms with E-state index in [4.69, 9.17) is 4.74 Å². The Morgan fingerprint density at radius 2 is 2.10 bits per heavy atom. The van der Waals surface area contributed by atoms with Crippen LogP contribution in [-0.4, -0.2) is 49.7 Å². The second kappa shape index (κ2) is 7.54. The monoisotopic (exact) mass is 404 g/mol. The molecule has 4 nitrogen and oxygen atoms in total. The number of ether oxygens (including phenoxy) is 1. The van der Waals surface area contributed by atoms with Gasteiger partial charge in [0.15, 0.2) is 0 Å². The number of hydrogen-bond acceptors (Lipinski definition) is 3. The standard InChI is InChI=1S/C14H18Br2N2O2/c1-10(9-18-4-6-20-7-5-18)17-14(19)12-3-2-11(15)8-13(12)16/h2-3,8,10H,4-7,9H2,1H3,(H,17,19). The molecule has 6 heteroatoms. The predicted molar refractivity (Wildman–Crippen MR) is 86.0 cm³/mol. The number of halogens is 2. The first-order valence-electron chi connectivity index (χ1n) is 6.62. The van der Waals surface area contributed by atoms with E-state index in [1.807, 2.05) is 25.1 Å². The van der Waals surface area contributed by atoms with Crippen molar-refractivity contribution in [1.29, 1.82) is 0 Å². The first-order valence-corrected chi connectivity index (χ1v) is 8.21. The van der Waals surface area contributed by atoms with Crippen LogP contribution in [0.4, 0.5) is 0 Å². The smallest absolute Gasteiger partial charge is 0.252 e. The van der Waals surface area contributed by atoms with E-state index in [1.165, 1.54) is 0 Å². The van der Waals surface area contributed by atoms with E-state index < -0.39 is 0 Å². The quantitative estimate of drug-likeness (QED) is 0.837. The second-order valence-corrected chi connectivity index (χ2v) is 6.68. The number of nitrogens with one attached hydrogen (secondary N) is 1. The maximum atomic E-state index is 12.2. The number of carbonyl (C=O) groups excluding carboxylic acids is 1. The van der Waals surface area contributed by atoms with Gasteiger partial charge in [-0.25, -0.2) is 0 Å². The van der Waals surface area contributed by atoms with Gasteiger partial charge in [0.2, 0.25) is 0 Å². The zero-order chi connectivity index (χ0) is 14.5. The van der Waals surface area contributed by atoms with Gasteiger partial charge >= 0.3 is 0 Å². The summed E-state index contributed by atoms with van der Waals surface area (Å²) in [7, 11) is 0. The van der Waals surface area contributed by atoms with Gasteiger partial charge in [0.1, 0.15) is 0 Å². The van der Waals surface area contributed by atoms with Crippen molar-refractivity contribution in [2.45, 2.75) is 13.0 Å². The van der Waals surface area contributed by atoms with Crippen LogP contribution in [0.3, 0.4) is 0 Å². The predicted octanol–water partition coefficient (Wildman–Crippen LogP) is 2.66. The molecule has 0 bridgehead atoms. The molecule has 20 heavy (non-hydrogen) atoms. The minimum Gasteiger partial charge on any atom is -0.379 e. The van der Waals surface area contributed by atoms with Crippen LogP contribution in [0.5, 0.6) is 0 Å². The molecular weight excluding hydrogens is 388 g/mol. The van der Waals surface area contributed by atoms with Crippen LogP contribution in [0, 0.1) is 0 Å². The fourth-order valence-electron chi connectivity index (χ4n) is 2.19. The van der Waals surface area contributed by atoms with Crippen molar-refractivity contribution in [1.82, 2.24) is 10.2 Å². The molecule has 0 aliphatic carbocycles.